The standard InChI is InChI=1S/C15H32N4/c1-5-6-7-8-11-17-15(16-3)18-12-13(2)19(4)14-9-10-14/h13-14H,5-12H2,1-4H3,(H2,16,17,18). The number of aliphatic imine (C=N–C) groups is 1. The summed E-state index contributed by atoms with van der Waals surface area (Å²) in [5, 5.41) is 6.81. The van der Waals surface area contributed by atoms with Gasteiger partial charge in [-0.05, 0) is 33.2 Å². The summed E-state index contributed by atoms with van der Waals surface area (Å²) in [6.07, 6.45) is 7.89. The SMILES string of the molecule is CCCCCCNC(=NC)NCC(C)N(C)C1CC1. The second-order valence-electron chi connectivity index (χ2n) is 5.69. The third kappa shape index (κ3) is 6.81. The Balaban J connectivity index is 2.10. The molecule has 0 radical (unpaired) electrons. The first-order valence-corrected chi connectivity index (χ1v) is 7.85. The number of hydrogen-bond acceptors (Lipinski definition) is 2. The van der Waals surface area contributed by atoms with E-state index in [2.05, 4.69) is 41.4 Å². The van der Waals surface area contributed by atoms with E-state index in [-0.39, 0.29) is 0 Å². The van der Waals surface area contributed by atoms with Crippen LogP contribution in [-0.2, 0) is 0 Å². The number of hydrogen-bond donors (Lipinski definition) is 2. The van der Waals surface area contributed by atoms with Gasteiger partial charge < -0.3 is 10.6 Å². The molecule has 0 aliphatic heterocycles. The van der Waals surface area contributed by atoms with Crippen LogP contribution >= 0.6 is 0 Å². The Morgan fingerprint density at radius 2 is 2.00 bits per heavy atom. The van der Waals surface area contributed by atoms with Crippen molar-refractivity contribution in [3.05, 3.63) is 0 Å². The molecule has 1 unspecified atom stereocenters. The van der Waals surface area contributed by atoms with Crippen molar-refractivity contribution < 1.29 is 0 Å². The summed E-state index contributed by atoms with van der Waals surface area (Å²) in [5.41, 5.74) is 0. The Morgan fingerprint density at radius 1 is 1.26 bits per heavy atom. The van der Waals surface area contributed by atoms with E-state index in [1.807, 2.05) is 7.05 Å². The van der Waals surface area contributed by atoms with Crippen molar-refractivity contribution in [2.24, 2.45) is 4.99 Å². The number of likely N-dealkylation sites (N-methyl/N-ethyl adjacent to an activating group) is 1. The molecule has 0 heterocycles. The average Bonchev–Trinajstić information content (AvgIpc) is 3.25. The van der Waals surface area contributed by atoms with Crippen molar-refractivity contribution in [2.45, 2.75) is 64.5 Å². The molecule has 1 fully saturated rings. The molecular formula is C15H32N4. The second-order valence-corrected chi connectivity index (χ2v) is 5.69. The predicted octanol–water partition coefficient (Wildman–Crippen LogP) is 2.21. The van der Waals surface area contributed by atoms with Gasteiger partial charge in [-0.1, -0.05) is 26.2 Å². The summed E-state index contributed by atoms with van der Waals surface area (Å²) in [6, 6.07) is 1.38. The zero-order valence-corrected chi connectivity index (χ0v) is 13.2. The minimum atomic E-state index is 0.561. The first kappa shape index (κ1) is 16.3. The van der Waals surface area contributed by atoms with E-state index >= 15 is 0 Å². The molecule has 0 saturated heterocycles. The molecule has 1 rings (SSSR count). The normalized spacial score (nSPS) is 17.6. The fraction of sp³-hybridized carbons (Fsp3) is 0.933. The van der Waals surface area contributed by atoms with Crippen LogP contribution in [0.25, 0.3) is 0 Å². The van der Waals surface area contributed by atoms with Crippen LogP contribution in [-0.4, -0.2) is 50.1 Å². The number of nitrogens with zero attached hydrogens (tertiary/aromatic N) is 2. The molecule has 112 valence electrons. The maximum atomic E-state index is 4.27. The first-order chi connectivity index (χ1) is 9.19. The molecule has 4 heteroatoms. The van der Waals surface area contributed by atoms with Crippen LogP contribution in [0, 0.1) is 0 Å². The monoisotopic (exact) mass is 268 g/mol. The van der Waals surface area contributed by atoms with Gasteiger partial charge in [0.25, 0.3) is 0 Å². The van der Waals surface area contributed by atoms with Gasteiger partial charge in [-0.3, -0.25) is 9.89 Å². The largest absolute Gasteiger partial charge is 0.356 e. The van der Waals surface area contributed by atoms with Gasteiger partial charge in [-0.2, -0.15) is 0 Å². The van der Waals surface area contributed by atoms with Crippen LogP contribution in [0.3, 0.4) is 0 Å². The van der Waals surface area contributed by atoms with Crippen molar-refractivity contribution in [1.29, 1.82) is 0 Å². The van der Waals surface area contributed by atoms with Crippen LogP contribution < -0.4 is 10.6 Å². The number of unbranched alkanes of at least 4 members (excludes halogenated alkanes) is 3. The molecule has 19 heavy (non-hydrogen) atoms. The smallest absolute Gasteiger partial charge is 0.191 e. The Bertz CT molecular complexity index is 261. The van der Waals surface area contributed by atoms with E-state index in [9.17, 15) is 0 Å². The number of nitrogens with one attached hydrogen (secondary N) is 2. The summed E-state index contributed by atoms with van der Waals surface area (Å²) in [4.78, 5) is 6.75. The van der Waals surface area contributed by atoms with Crippen LogP contribution in [0.2, 0.25) is 0 Å². The fourth-order valence-corrected chi connectivity index (χ4v) is 2.21. The lowest BCUT2D eigenvalue weighted by Gasteiger charge is -2.25. The summed E-state index contributed by atoms with van der Waals surface area (Å²) in [5.74, 6) is 0.938. The molecule has 0 aromatic rings. The Morgan fingerprint density at radius 3 is 2.58 bits per heavy atom. The van der Waals surface area contributed by atoms with Gasteiger partial charge in [0.1, 0.15) is 0 Å². The van der Waals surface area contributed by atoms with Gasteiger partial charge in [0.2, 0.25) is 0 Å². The number of rotatable bonds is 9. The lowest BCUT2D eigenvalue weighted by Crippen LogP contribution is -2.45. The van der Waals surface area contributed by atoms with Crippen molar-refractivity contribution >= 4 is 5.96 Å². The Hall–Kier alpha value is -0.770. The molecule has 0 aromatic carbocycles. The maximum absolute atomic E-state index is 4.27. The molecule has 0 bridgehead atoms. The molecule has 1 saturated carbocycles. The maximum Gasteiger partial charge on any atom is 0.191 e. The van der Waals surface area contributed by atoms with Gasteiger partial charge in [0.05, 0.1) is 0 Å². The topological polar surface area (TPSA) is 39.7 Å². The molecule has 1 aliphatic rings. The highest BCUT2D eigenvalue weighted by molar-refractivity contribution is 5.79. The summed E-state index contributed by atoms with van der Waals surface area (Å²) >= 11 is 0. The first-order valence-electron chi connectivity index (χ1n) is 7.85. The Kier molecular flexibility index (Phi) is 7.87. The zero-order valence-electron chi connectivity index (χ0n) is 13.2. The molecule has 0 amide bonds. The minimum Gasteiger partial charge on any atom is -0.356 e. The van der Waals surface area contributed by atoms with Crippen LogP contribution in [0.4, 0.5) is 0 Å². The van der Waals surface area contributed by atoms with Crippen LogP contribution in [0.5, 0.6) is 0 Å². The molecule has 4 nitrogen and oxygen atoms in total. The van der Waals surface area contributed by atoms with Gasteiger partial charge in [0.15, 0.2) is 5.96 Å². The second kappa shape index (κ2) is 9.18. The van der Waals surface area contributed by atoms with Gasteiger partial charge in [0, 0.05) is 32.2 Å². The van der Waals surface area contributed by atoms with Crippen molar-refractivity contribution in [1.82, 2.24) is 15.5 Å². The van der Waals surface area contributed by atoms with Crippen molar-refractivity contribution in [3.8, 4) is 0 Å². The summed E-state index contributed by atoms with van der Waals surface area (Å²) in [6.45, 7) is 6.50. The highest BCUT2D eigenvalue weighted by atomic mass is 15.2. The molecule has 0 aromatic heterocycles. The average molecular weight is 268 g/mol. The van der Waals surface area contributed by atoms with E-state index in [4.69, 9.17) is 0 Å². The lowest BCUT2D eigenvalue weighted by atomic mass is 10.2. The fourth-order valence-electron chi connectivity index (χ4n) is 2.21. The third-order valence-corrected chi connectivity index (χ3v) is 3.93. The van der Waals surface area contributed by atoms with Crippen molar-refractivity contribution in [2.75, 3.05) is 27.2 Å². The molecule has 1 atom stereocenters. The molecule has 1 aliphatic carbocycles. The van der Waals surface area contributed by atoms with E-state index < -0.39 is 0 Å². The van der Waals surface area contributed by atoms with Crippen LogP contribution in [0.1, 0.15) is 52.4 Å². The predicted molar refractivity (Wildman–Crippen MR) is 83.8 cm³/mol. The zero-order chi connectivity index (χ0) is 14.1. The quantitative estimate of drug-likeness (QED) is 0.383. The summed E-state index contributed by atoms with van der Waals surface area (Å²) in [7, 11) is 4.07. The van der Waals surface area contributed by atoms with Crippen LogP contribution in [0.15, 0.2) is 4.99 Å². The highest BCUT2D eigenvalue weighted by Gasteiger charge is 2.28. The van der Waals surface area contributed by atoms with E-state index in [0.29, 0.717) is 6.04 Å². The van der Waals surface area contributed by atoms with E-state index in [0.717, 1.165) is 25.1 Å². The highest BCUT2D eigenvalue weighted by Crippen LogP contribution is 2.26. The molecular weight excluding hydrogens is 236 g/mol. The molecule has 0 spiro atoms. The minimum absolute atomic E-state index is 0.561. The van der Waals surface area contributed by atoms with E-state index in [1.54, 1.807) is 0 Å². The molecule has 2 N–H and O–H groups in total. The lowest BCUT2D eigenvalue weighted by molar-refractivity contribution is 0.247. The summed E-state index contributed by atoms with van der Waals surface area (Å²) < 4.78 is 0. The number of guanidine groups is 1. The van der Waals surface area contributed by atoms with Gasteiger partial charge in [-0.25, -0.2) is 0 Å². The third-order valence-electron chi connectivity index (χ3n) is 3.93. The Labute approximate surface area is 119 Å². The van der Waals surface area contributed by atoms with E-state index in [1.165, 1.54) is 38.5 Å². The van der Waals surface area contributed by atoms with Gasteiger partial charge in [-0.15, -0.1) is 0 Å². The van der Waals surface area contributed by atoms with Gasteiger partial charge >= 0.3 is 0 Å². The van der Waals surface area contributed by atoms with Crippen molar-refractivity contribution in [3.63, 3.8) is 0 Å².